The number of aliphatic carboxylic acids is 1. The van der Waals surface area contributed by atoms with Gasteiger partial charge in [-0.2, -0.15) is 0 Å². The summed E-state index contributed by atoms with van der Waals surface area (Å²) in [5.41, 5.74) is 0.478. The monoisotopic (exact) mass is 390 g/mol. The van der Waals surface area contributed by atoms with Crippen molar-refractivity contribution in [2.24, 2.45) is 5.92 Å². The Kier molecular flexibility index (Phi) is 6.06. The van der Waals surface area contributed by atoms with Crippen LogP contribution in [0.4, 0.5) is 0 Å². The number of carboxylic acids is 1. The number of ether oxygens (including phenoxy) is 2. The Morgan fingerprint density at radius 2 is 1.57 bits per heavy atom. The van der Waals surface area contributed by atoms with Crippen LogP contribution in [0.3, 0.4) is 0 Å². The largest absolute Gasteiger partial charge is 0.497 e. The number of hydrogen-bond acceptors (Lipinski definition) is 5. The summed E-state index contributed by atoms with van der Waals surface area (Å²) in [5, 5.41) is 9.29. The minimum Gasteiger partial charge on any atom is -0.497 e. The van der Waals surface area contributed by atoms with Gasteiger partial charge in [-0.15, -0.1) is 0 Å². The average molecular weight is 390 g/mol. The molecule has 152 valence electrons. The summed E-state index contributed by atoms with van der Waals surface area (Å²) in [5.74, 6) is -0.315. The summed E-state index contributed by atoms with van der Waals surface area (Å²) in [4.78, 5) is 40.2. The molecule has 0 bridgehead atoms. The van der Waals surface area contributed by atoms with E-state index in [1.807, 2.05) is 0 Å². The van der Waals surface area contributed by atoms with Gasteiger partial charge in [-0.25, -0.2) is 4.79 Å². The van der Waals surface area contributed by atoms with Crippen molar-refractivity contribution in [3.05, 3.63) is 23.8 Å². The molecule has 8 nitrogen and oxygen atoms in total. The molecule has 1 aromatic rings. The second kappa shape index (κ2) is 8.50. The van der Waals surface area contributed by atoms with Crippen LogP contribution in [-0.4, -0.2) is 72.6 Å². The predicted octanol–water partition coefficient (Wildman–Crippen LogP) is 1.63. The standard InChI is InChI=1S/C20H26N2O6/c1-27-15-10-14(11-16(12-15)28-2)18(23)21-8-5-13(6-9-21)19(24)22-7-3-4-17(22)20(25)26/h10-13,17H,3-9H2,1-2H3,(H,25,26). The molecule has 1 N–H and O–H groups in total. The second-order valence-electron chi connectivity index (χ2n) is 7.20. The Bertz CT molecular complexity index is 735. The average Bonchev–Trinajstić information content (AvgIpc) is 3.22. The Balaban J connectivity index is 1.63. The Morgan fingerprint density at radius 1 is 0.964 bits per heavy atom. The number of hydrogen-bond donors (Lipinski definition) is 1. The molecule has 1 atom stereocenters. The Morgan fingerprint density at radius 3 is 2.11 bits per heavy atom. The highest BCUT2D eigenvalue weighted by molar-refractivity contribution is 5.95. The van der Waals surface area contributed by atoms with E-state index in [0.29, 0.717) is 56.0 Å². The molecule has 1 aromatic carbocycles. The summed E-state index contributed by atoms with van der Waals surface area (Å²) >= 11 is 0. The van der Waals surface area contributed by atoms with E-state index in [9.17, 15) is 19.5 Å². The van der Waals surface area contributed by atoms with Crippen molar-refractivity contribution >= 4 is 17.8 Å². The lowest BCUT2D eigenvalue weighted by Crippen LogP contribution is -2.47. The van der Waals surface area contributed by atoms with E-state index in [1.54, 1.807) is 23.1 Å². The van der Waals surface area contributed by atoms with E-state index in [0.717, 1.165) is 6.42 Å². The van der Waals surface area contributed by atoms with Crippen LogP contribution in [0.1, 0.15) is 36.0 Å². The molecular weight excluding hydrogens is 364 g/mol. The molecule has 0 aliphatic carbocycles. The first-order valence-corrected chi connectivity index (χ1v) is 9.50. The molecule has 0 radical (unpaired) electrons. The number of piperidine rings is 1. The van der Waals surface area contributed by atoms with Gasteiger partial charge in [0.05, 0.1) is 14.2 Å². The normalized spacial score (nSPS) is 20.1. The number of carbonyl (C=O) groups is 3. The number of amides is 2. The molecule has 1 unspecified atom stereocenters. The van der Waals surface area contributed by atoms with Crippen molar-refractivity contribution in [2.75, 3.05) is 33.9 Å². The van der Waals surface area contributed by atoms with Gasteiger partial charge in [0.2, 0.25) is 5.91 Å². The van der Waals surface area contributed by atoms with E-state index in [1.165, 1.54) is 19.1 Å². The number of likely N-dealkylation sites (tertiary alicyclic amines) is 2. The number of benzene rings is 1. The van der Waals surface area contributed by atoms with Gasteiger partial charge < -0.3 is 24.4 Å². The minimum absolute atomic E-state index is 0.0972. The van der Waals surface area contributed by atoms with Gasteiger partial charge in [-0.05, 0) is 37.8 Å². The predicted molar refractivity (Wildman–Crippen MR) is 101 cm³/mol. The maximum Gasteiger partial charge on any atom is 0.326 e. The van der Waals surface area contributed by atoms with Gasteiger partial charge in [-0.3, -0.25) is 9.59 Å². The van der Waals surface area contributed by atoms with Crippen molar-refractivity contribution in [2.45, 2.75) is 31.7 Å². The third-order valence-corrected chi connectivity index (χ3v) is 5.55. The van der Waals surface area contributed by atoms with Gasteiger partial charge in [0.1, 0.15) is 17.5 Å². The quantitative estimate of drug-likeness (QED) is 0.821. The topological polar surface area (TPSA) is 96.4 Å². The van der Waals surface area contributed by atoms with E-state index in [2.05, 4.69) is 0 Å². The van der Waals surface area contributed by atoms with E-state index in [-0.39, 0.29) is 17.7 Å². The molecule has 3 rings (SSSR count). The highest BCUT2D eigenvalue weighted by Crippen LogP contribution is 2.28. The zero-order valence-corrected chi connectivity index (χ0v) is 16.2. The molecule has 0 aromatic heterocycles. The van der Waals surface area contributed by atoms with Crippen LogP contribution < -0.4 is 9.47 Å². The van der Waals surface area contributed by atoms with Crippen molar-refractivity contribution in [3.63, 3.8) is 0 Å². The maximum absolute atomic E-state index is 12.9. The Labute approximate surface area is 164 Å². The zero-order valence-electron chi connectivity index (χ0n) is 16.2. The fourth-order valence-corrected chi connectivity index (χ4v) is 3.96. The first-order chi connectivity index (χ1) is 13.4. The molecule has 2 saturated heterocycles. The number of carboxylic acid groups (broad SMARTS) is 1. The molecule has 8 heteroatoms. The Hall–Kier alpha value is -2.77. The first-order valence-electron chi connectivity index (χ1n) is 9.50. The SMILES string of the molecule is COc1cc(OC)cc(C(=O)N2CCC(C(=O)N3CCCC3C(=O)O)CC2)c1. The van der Waals surface area contributed by atoms with Gasteiger partial charge in [0.25, 0.3) is 5.91 Å². The van der Waals surface area contributed by atoms with Crippen molar-refractivity contribution < 1.29 is 29.0 Å². The van der Waals surface area contributed by atoms with Crippen LogP contribution in [-0.2, 0) is 9.59 Å². The zero-order chi connectivity index (χ0) is 20.3. The lowest BCUT2D eigenvalue weighted by molar-refractivity contribution is -0.150. The fraction of sp³-hybridized carbons (Fsp3) is 0.550. The molecule has 2 amide bonds. The van der Waals surface area contributed by atoms with Gasteiger partial charge >= 0.3 is 5.97 Å². The second-order valence-corrected chi connectivity index (χ2v) is 7.20. The smallest absolute Gasteiger partial charge is 0.326 e. The molecule has 2 fully saturated rings. The molecular formula is C20H26N2O6. The number of rotatable bonds is 5. The number of carbonyl (C=O) groups excluding carboxylic acids is 2. The van der Waals surface area contributed by atoms with Crippen molar-refractivity contribution in [1.29, 1.82) is 0 Å². The maximum atomic E-state index is 12.9. The summed E-state index contributed by atoms with van der Waals surface area (Å²) < 4.78 is 10.4. The van der Waals surface area contributed by atoms with Crippen LogP contribution in [0.25, 0.3) is 0 Å². The van der Waals surface area contributed by atoms with Crippen molar-refractivity contribution in [3.8, 4) is 11.5 Å². The van der Waals surface area contributed by atoms with Crippen LogP contribution in [0.15, 0.2) is 18.2 Å². The van der Waals surface area contributed by atoms with E-state index in [4.69, 9.17) is 9.47 Å². The highest BCUT2D eigenvalue weighted by Gasteiger charge is 2.38. The van der Waals surface area contributed by atoms with Crippen LogP contribution in [0.2, 0.25) is 0 Å². The third kappa shape index (κ3) is 4.05. The summed E-state index contributed by atoms with van der Waals surface area (Å²) in [6, 6.07) is 4.33. The van der Waals surface area contributed by atoms with Crippen molar-refractivity contribution in [1.82, 2.24) is 9.80 Å². The van der Waals surface area contributed by atoms with E-state index < -0.39 is 12.0 Å². The minimum atomic E-state index is -0.939. The highest BCUT2D eigenvalue weighted by atomic mass is 16.5. The van der Waals surface area contributed by atoms with Crippen LogP contribution >= 0.6 is 0 Å². The molecule has 28 heavy (non-hydrogen) atoms. The number of methoxy groups -OCH3 is 2. The summed E-state index contributed by atoms with van der Waals surface area (Å²) in [6.07, 6.45) is 2.30. The lowest BCUT2D eigenvalue weighted by atomic mass is 9.94. The fourth-order valence-electron chi connectivity index (χ4n) is 3.96. The van der Waals surface area contributed by atoms with E-state index >= 15 is 0 Å². The van der Waals surface area contributed by atoms with Crippen LogP contribution in [0, 0.1) is 5.92 Å². The summed E-state index contributed by atoms with van der Waals surface area (Å²) in [7, 11) is 3.06. The number of nitrogens with zero attached hydrogens (tertiary/aromatic N) is 2. The third-order valence-electron chi connectivity index (χ3n) is 5.55. The van der Waals surface area contributed by atoms with Crippen LogP contribution in [0.5, 0.6) is 11.5 Å². The molecule has 2 heterocycles. The molecule has 2 aliphatic rings. The van der Waals surface area contributed by atoms with Gasteiger partial charge in [0, 0.05) is 37.2 Å². The lowest BCUT2D eigenvalue weighted by Gasteiger charge is -2.34. The molecule has 0 spiro atoms. The summed E-state index contributed by atoms with van der Waals surface area (Å²) in [6.45, 7) is 1.42. The van der Waals surface area contributed by atoms with Gasteiger partial charge in [-0.1, -0.05) is 0 Å². The first kappa shape index (κ1) is 20.0. The molecule has 0 saturated carbocycles. The van der Waals surface area contributed by atoms with Gasteiger partial charge in [0.15, 0.2) is 0 Å². The molecule has 2 aliphatic heterocycles.